The normalized spacial score (nSPS) is 13.5. The zero-order valence-electron chi connectivity index (χ0n) is 13.6. The van der Waals surface area contributed by atoms with E-state index in [1.165, 1.54) is 11.3 Å². The number of hydrogen-bond donors (Lipinski definition) is 1. The molecule has 0 fully saturated rings. The van der Waals surface area contributed by atoms with Crippen LogP contribution in [0.3, 0.4) is 0 Å². The van der Waals surface area contributed by atoms with Gasteiger partial charge in [-0.15, -0.1) is 0 Å². The predicted octanol–water partition coefficient (Wildman–Crippen LogP) is 1.91. The van der Waals surface area contributed by atoms with E-state index < -0.39 is 0 Å². The van der Waals surface area contributed by atoms with Crippen LogP contribution in [-0.4, -0.2) is 33.4 Å². The second-order valence-electron chi connectivity index (χ2n) is 5.75. The Bertz CT molecular complexity index is 844. The van der Waals surface area contributed by atoms with Crippen molar-refractivity contribution in [3.05, 3.63) is 65.2 Å². The van der Waals surface area contributed by atoms with Crippen LogP contribution in [0.15, 0.2) is 42.7 Å². The SMILES string of the molecule is COc1ccccc1Cc1nn(-c2ncccn2)c2c1CNCC2. The van der Waals surface area contributed by atoms with Gasteiger partial charge in [-0.3, -0.25) is 0 Å². The quantitative estimate of drug-likeness (QED) is 0.795. The molecular weight excluding hydrogens is 302 g/mol. The number of methoxy groups -OCH3 is 1. The summed E-state index contributed by atoms with van der Waals surface area (Å²) in [6.07, 6.45) is 5.15. The third kappa shape index (κ3) is 2.65. The van der Waals surface area contributed by atoms with Gasteiger partial charge >= 0.3 is 0 Å². The van der Waals surface area contributed by atoms with Crippen LogP contribution in [0.4, 0.5) is 0 Å². The van der Waals surface area contributed by atoms with E-state index in [0.29, 0.717) is 5.95 Å². The highest BCUT2D eigenvalue weighted by atomic mass is 16.5. The van der Waals surface area contributed by atoms with Crippen molar-refractivity contribution in [2.75, 3.05) is 13.7 Å². The van der Waals surface area contributed by atoms with Gasteiger partial charge in [-0.2, -0.15) is 5.10 Å². The number of benzene rings is 1. The molecule has 1 aromatic carbocycles. The molecule has 0 saturated carbocycles. The number of rotatable bonds is 4. The molecule has 2 aromatic heterocycles. The van der Waals surface area contributed by atoms with Gasteiger partial charge in [-0.1, -0.05) is 18.2 Å². The molecule has 24 heavy (non-hydrogen) atoms. The van der Waals surface area contributed by atoms with Gasteiger partial charge in [0.15, 0.2) is 0 Å². The molecular formula is C18H19N5O. The highest BCUT2D eigenvalue weighted by Crippen LogP contribution is 2.26. The summed E-state index contributed by atoms with van der Waals surface area (Å²) in [5.41, 5.74) is 4.63. The zero-order valence-corrected chi connectivity index (χ0v) is 13.6. The van der Waals surface area contributed by atoms with Gasteiger partial charge in [-0.25, -0.2) is 14.6 Å². The number of nitrogens with zero attached hydrogens (tertiary/aromatic N) is 4. The smallest absolute Gasteiger partial charge is 0.250 e. The third-order valence-corrected chi connectivity index (χ3v) is 4.31. The van der Waals surface area contributed by atoms with Crippen molar-refractivity contribution in [3.8, 4) is 11.7 Å². The molecule has 3 aromatic rings. The Balaban J connectivity index is 1.77. The van der Waals surface area contributed by atoms with Crippen LogP contribution in [0.1, 0.15) is 22.5 Å². The van der Waals surface area contributed by atoms with E-state index in [1.807, 2.05) is 28.9 Å². The molecule has 0 amide bonds. The van der Waals surface area contributed by atoms with Crippen LogP contribution in [0.2, 0.25) is 0 Å². The second kappa shape index (κ2) is 6.41. The summed E-state index contributed by atoms with van der Waals surface area (Å²) in [6.45, 7) is 1.77. The lowest BCUT2D eigenvalue weighted by atomic mass is 10.0. The lowest BCUT2D eigenvalue weighted by Gasteiger charge is -2.15. The average molecular weight is 321 g/mol. The van der Waals surface area contributed by atoms with Crippen LogP contribution >= 0.6 is 0 Å². The number of nitrogens with one attached hydrogen (secondary N) is 1. The Hall–Kier alpha value is -2.73. The standard InChI is InChI=1S/C18H19N5O/c1-24-17-6-3-2-5-13(17)11-15-14-12-19-10-7-16(14)23(22-15)18-20-8-4-9-21-18/h2-6,8-9,19H,7,10-12H2,1H3. The Morgan fingerprint density at radius 2 is 2.00 bits per heavy atom. The van der Waals surface area contributed by atoms with Gasteiger partial charge in [0.25, 0.3) is 5.95 Å². The fourth-order valence-electron chi connectivity index (χ4n) is 3.15. The molecule has 0 saturated heterocycles. The molecule has 1 N–H and O–H groups in total. The fraction of sp³-hybridized carbons (Fsp3) is 0.278. The Morgan fingerprint density at radius 1 is 1.17 bits per heavy atom. The minimum atomic E-state index is 0.627. The van der Waals surface area contributed by atoms with Crippen molar-refractivity contribution < 1.29 is 4.74 Å². The van der Waals surface area contributed by atoms with Crippen molar-refractivity contribution in [3.63, 3.8) is 0 Å². The Morgan fingerprint density at radius 3 is 2.83 bits per heavy atom. The summed E-state index contributed by atoms with van der Waals surface area (Å²) >= 11 is 0. The minimum Gasteiger partial charge on any atom is -0.496 e. The number of para-hydroxylation sites is 1. The summed E-state index contributed by atoms with van der Waals surface area (Å²) in [6, 6.07) is 9.89. The van der Waals surface area contributed by atoms with Crippen molar-refractivity contribution in [1.82, 2.24) is 25.1 Å². The summed E-state index contributed by atoms with van der Waals surface area (Å²) < 4.78 is 7.37. The molecule has 4 rings (SSSR count). The maximum absolute atomic E-state index is 5.48. The van der Waals surface area contributed by atoms with Crippen LogP contribution in [0.5, 0.6) is 5.75 Å². The number of fused-ring (bicyclic) bond motifs is 1. The minimum absolute atomic E-state index is 0.627. The largest absolute Gasteiger partial charge is 0.496 e. The van der Waals surface area contributed by atoms with Gasteiger partial charge in [-0.05, 0) is 12.1 Å². The van der Waals surface area contributed by atoms with Crippen molar-refractivity contribution >= 4 is 0 Å². The predicted molar refractivity (Wildman–Crippen MR) is 90.4 cm³/mol. The second-order valence-corrected chi connectivity index (χ2v) is 5.75. The van der Waals surface area contributed by atoms with E-state index >= 15 is 0 Å². The first-order valence-electron chi connectivity index (χ1n) is 8.06. The highest BCUT2D eigenvalue weighted by Gasteiger charge is 2.23. The van der Waals surface area contributed by atoms with Gasteiger partial charge in [0.1, 0.15) is 5.75 Å². The maximum atomic E-state index is 5.48. The van der Waals surface area contributed by atoms with Gasteiger partial charge < -0.3 is 10.1 Å². The summed E-state index contributed by atoms with van der Waals surface area (Å²) in [7, 11) is 1.70. The molecule has 6 heteroatoms. The highest BCUT2D eigenvalue weighted by molar-refractivity contribution is 5.40. The van der Waals surface area contributed by atoms with Crippen LogP contribution in [0.25, 0.3) is 5.95 Å². The number of ether oxygens (including phenoxy) is 1. The Kier molecular flexibility index (Phi) is 3.96. The van der Waals surface area contributed by atoms with E-state index in [9.17, 15) is 0 Å². The van der Waals surface area contributed by atoms with E-state index in [1.54, 1.807) is 19.5 Å². The van der Waals surface area contributed by atoms with E-state index in [-0.39, 0.29) is 0 Å². The molecule has 122 valence electrons. The number of hydrogen-bond acceptors (Lipinski definition) is 5. The molecule has 1 aliphatic rings. The van der Waals surface area contributed by atoms with E-state index in [4.69, 9.17) is 9.84 Å². The molecule has 0 aliphatic carbocycles. The monoisotopic (exact) mass is 321 g/mol. The van der Waals surface area contributed by atoms with E-state index in [2.05, 4.69) is 21.4 Å². The maximum Gasteiger partial charge on any atom is 0.250 e. The van der Waals surface area contributed by atoms with Crippen molar-refractivity contribution in [1.29, 1.82) is 0 Å². The molecule has 0 unspecified atom stereocenters. The average Bonchev–Trinajstić information content (AvgIpc) is 3.02. The molecule has 0 atom stereocenters. The van der Waals surface area contributed by atoms with Crippen molar-refractivity contribution in [2.45, 2.75) is 19.4 Å². The first kappa shape index (κ1) is 14.8. The molecule has 6 nitrogen and oxygen atoms in total. The first-order chi connectivity index (χ1) is 11.9. The first-order valence-corrected chi connectivity index (χ1v) is 8.06. The molecule has 0 spiro atoms. The van der Waals surface area contributed by atoms with Gasteiger partial charge in [0.2, 0.25) is 0 Å². The Labute approximate surface area is 140 Å². The molecule has 0 bridgehead atoms. The van der Waals surface area contributed by atoms with Gasteiger partial charge in [0, 0.05) is 49.5 Å². The van der Waals surface area contributed by atoms with Crippen LogP contribution in [-0.2, 0) is 19.4 Å². The van der Waals surface area contributed by atoms with Crippen LogP contribution < -0.4 is 10.1 Å². The van der Waals surface area contributed by atoms with Crippen LogP contribution in [0, 0.1) is 0 Å². The summed E-state index contributed by atoms with van der Waals surface area (Å²) in [4.78, 5) is 8.71. The fourth-order valence-corrected chi connectivity index (χ4v) is 3.15. The van der Waals surface area contributed by atoms with Crippen molar-refractivity contribution in [2.24, 2.45) is 0 Å². The van der Waals surface area contributed by atoms with Gasteiger partial charge in [0.05, 0.1) is 18.5 Å². The topological polar surface area (TPSA) is 64.9 Å². The molecule has 1 aliphatic heterocycles. The number of aromatic nitrogens is 4. The summed E-state index contributed by atoms with van der Waals surface area (Å²) in [5.74, 6) is 1.52. The summed E-state index contributed by atoms with van der Waals surface area (Å²) in [5, 5.41) is 8.26. The molecule has 3 heterocycles. The third-order valence-electron chi connectivity index (χ3n) is 4.31. The molecule has 0 radical (unpaired) electrons. The lowest BCUT2D eigenvalue weighted by Crippen LogP contribution is -2.25. The lowest BCUT2D eigenvalue weighted by molar-refractivity contribution is 0.410. The van der Waals surface area contributed by atoms with E-state index in [0.717, 1.165) is 42.9 Å². The zero-order chi connectivity index (χ0) is 16.4.